The van der Waals surface area contributed by atoms with Gasteiger partial charge in [0.05, 0.1) is 17.4 Å². The average molecular weight is 518 g/mol. The van der Waals surface area contributed by atoms with Crippen LogP contribution in [-0.4, -0.2) is 94.6 Å². The van der Waals surface area contributed by atoms with Gasteiger partial charge in [-0.3, -0.25) is 14.4 Å². The highest BCUT2D eigenvalue weighted by atomic mass is 16.5. The number of hydrogen-bond acceptors (Lipinski definition) is 5. The van der Waals surface area contributed by atoms with Crippen molar-refractivity contribution in [1.82, 2.24) is 14.7 Å². The van der Waals surface area contributed by atoms with Crippen LogP contribution in [0.4, 0.5) is 0 Å². The molecule has 1 N–H and O–H groups in total. The molecule has 3 saturated heterocycles. The Balaban J connectivity index is 2.03. The molecule has 8 nitrogen and oxygen atoms in total. The fourth-order valence-corrected chi connectivity index (χ4v) is 6.90. The molecule has 6 atom stereocenters. The number of carbonyl (C=O) groups excluding carboxylic acids is 3. The monoisotopic (exact) mass is 517 g/mol. The fraction of sp³-hybridized carbons (Fsp3) is 0.759. The zero-order valence-corrected chi connectivity index (χ0v) is 23.3. The zero-order valence-electron chi connectivity index (χ0n) is 23.3. The lowest BCUT2D eigenvalue weighted by atomic mass is 9.62. The molecule has 37 heavy (non-hydrogen) atoms. The molecule has 2 bridgehead atoms. The van der Waals surface area contributed by atoms with Gasteiger partial charge in [0.15, 0.2) is 0 Å². The van der Waals surface area contributed by atoms with Gasteiger partial charge in [0, 0.05) is 39.8 Å². The number of aliphatic hydroxyl groups is 1. The molecule has 208 valence electrons. The molecule has 0 aromatic rings. The number of aliphatic hydroxyl groups excluding tert-OH is 1. The van der Waals surface area contributed by atoms with Crippen LogP contribution in [0.5, 0.6) is 0 Å². The molecule has 3 amide bonds. The molecule has 8 heteroatoms. The quantitative estimate of drug-likeness (QED) is 0.266. The van der Waals surface area contributed by atoms with Crippen LogP contribution in [0.2, 0.25) is 0 Å². The Morgan fingerprint density at radius 1 is 1.14 bits per heavy atom. The molecule has 3 aliphatic heterocycles. The maximum absolute atomic E-state index is 14.3. The third-order valence-corrected chi connectivity index (χ3v) is 8.84. The Hall–Kier alpha value is -2.19. The van der Waals surface area contributed by atoms with E-state index in [0.29, 0.717) is 45.4 Å². The Morgan fingerprint density at radius 2 is 1.84 bits per heavy atom. The van der Waals surface area contributed by atoms with Crippen LogP contribution >= 0.6 is 0 Å². The second kappa shape index (κ2) is 12.1. The molecule has 3 unspecified atom stereocenters. The standard InChI is InChI=1S/C29H47N3O5/c1-7-10-12-17-31(16-9-3)27(36)24-29-20-21(4)28(5,37-29)22(25(34)30(6)15-8-2)23(29)26(35)32(24)18-13-11-14-19-33/h8-9,21-24,33H,2-3,7,10-20H2,1,4-6H3/t21?,22-,23-,24?,28+,29?/m0/s1. The Kier molecular flexibility index (Phi) is 9.62. The van der Waals surface area contributed by atoms with Crippen molar-refractivity contribution < 1.29 is 24.2 Å². The molecule has 3 aliphatic rings. The first kappa shape index (κ1) is 29.4. The molecule has 1 spiro atoms. The molecule has 0 radical (unpaired) electrons. The van der Waals surface area contributed by atoms with Crippen molar-refractivity contribution in [3.63, 3.8) is 0 Å². The summed E-state index contributed by atoms with van der Waals surface area (Å²) in [5.41, 5.74) is -1.85. The molecular formula is C29H47N3O5. The summed E-state index contributed by atoms with van der Waals surface area (Å²) in [6.07, 6.45) is 8.99. The van der Waals surface area contributed by atoms with E-state index >= 15 is 0 Å². The Morgan fingerprint density at radius 3 is 2.46 bits per heavy atom. The highest BCUT2D eigenvalue weighted by Crippen LogP contribution is 2.65. The predicted octanol–water partition coefficient (Wildman–Crippen LogP) is 3.01. The molecule has 0 aromatic heterocycles. The maximum atomic E-state index is 14.3. The summed E-state index contributed by atoms with van der Waals surface area (Å²) in [6.45, 7) is 15.6. The SMILES string of the molecule is C=CCN(C)C(=O)[C@@H]1[C@H]2C(=O)N(CCCCCO)C(C(=O)N(CC=C)CCCCC)C23CC(C)[C@@]1(C)O3. The predicted molar refractivity (Wildman–Crippen MR) is 144 cm³/mol. The first-order valence-electron chi connectivity index (χ1n) is 14.0. The Bertz CT molecular complexity index is 878. The van der Waals surface area contributed by atoms with Gasteiger partial charge in [0.2, 0.25) is 17.7 Å². The topological polar surface area (TPSA) is 90.4 Å². The molecule has 3 heterocycles. The number of fused-ring (bicyclic) bond motifs is 1. The minimum absolute atomic E-state index is 0.0141. The second-order valence-electron chi connectivity index (χ2n) is 11.3. The largest absolute Gasteiger partial charge is 0.396 e. The van der Waals surface area contributed by atoms with E-state index in [1.807, 2.05) is 6.92 Å². The number of unbranched alkanes of at least 4 members (excludes halogenated alkanes) is 4. The maximum Gasteiger partial charge on any atom is 0.248 e. The fourth-order valence-electron chi connectivity index (χ4n) is 6.90. The van der Waals surface area contributed by atoms with Gasteiger partial charge >= 0.3 is 0 Å². The van der Waals surface area contributed by atoms with E-state index in [-0.39, 0.29) is 30.2 Å². The number of ether oxygens (including phenoxy) is 1. The van der Waals surface area contributed by atoms with Crippen LogP contribution in [-0.2, 0) is 19.1 Å². The van der Waals surface area contributed by atoms with Crippen molar-refractivity contribution in [2.45, 2.75) is 83.0 Å². The molecule has 3 rings (SSSR count). The van der Waals surface area contributed by atoms with E-state index in [4.69, 9.17) is 4.74 Å². The molecular weight excluding hydrogens is 470 g/mol. The van der Waals surface area contributed by atoms with Crippen molar-refractivity contribution in [3.8, 4) is 0 Å². The Labute approximate surface area is 222 Å². The van der Waals surface area contributed by atoms with Crippen molar-refractivity contribution in [2.24, 2.45) is 17.8 Å². The van der Waals surface area contributed by atoms with Crippen LogP contribution in [0.1, 0.15) is 65.7 Å². The van der Waals surface area contributed by atoms with E-state index in [2.05, 4.69) is 27.0 Å². The van der Waals surface area contributed by atoms with E-state index in [1.54, 1.807) is 33.9 Å². The lowest BCUT2D eigenvalue weighted by Crippen LogP contribution is -2.57. The summed E-state index contributed by atoms with van der Waals surface area (Å²) >= 11 is 0. The first-order chi connectivity index (χ1) is 17.6. The summed E-state index contributed by atoms with van der Waals surface area (Å²) in [4.78, 5) is 47.3. The van der Waals surface area contributed by atoms with Crippen LogP contribution < -0.4 is 0 Å². The van der Waals surface area contributed by atoms with Crippen molar-refractivity contribution in [1.29, 1.82) is 0 Å². The van der Waals surface area contributed by atoms with Gasteiger partial charge in [-0.1, -0.05) is 38.8 Å². The summed E-state index contributed by atoms with van der Waals surface area (Å²) in [5, 5.41) is 9.23. The zero-order chi connectivity index (χ0) is 27.4. The number of likely N-dealkylation sites (tertiary alicyclic amines) is 1. The van der Waals surface area contributed by atoms with Gasteiger partial charge in [-0.2, -0.15) is 0 Å². The number of hydrogen-bond donors (Lipinski definition) is 1. The summed E-state index contributed by atoms with van der Waals surface area (Å²) in [7, 11) is 1.73. The van der Waals surface area contributed by atoms with Crippen molar-refractivity contribution in [3.05, 3.63) is 25.3 Å². The second-order valence-corrected chi connectivity index (χ2v) is 11.3. The minimum atomic E-state index is -1.03. The lowest BCUT2D eigenvalue weighted by Gasteiger charge is -2.38. The highest BCUT2D eigenvalue weighted by Gasteiger charge is 2.80. The normalized spacial score (nSPS) is 31.9. The number of likely N-dealkylation sites (N-methyl/N-ethyl adjacent to an activating group) is 1. The molecule has 0 saturated carbocycles. The minimum Gasteiger partial charge on any atom is -0.396 e. The number of nitrogens with zero attached hydrogens (tertiary/aromatic N) is 3. The van der Waals surface area contributed by atoms with E-state index < -0.39 is 29.1 Å². The molecule has 0 aromatic carbocycles. The first-order valence-corrected chi connectivity index (χ1v) is 14.0. The number of amides is 3. The van der Waals surface area contributed by atoms with Crippen LogP contribution in [0.3, 0.4) is 0 Å². The molecule has 0 aliphatic carbocycles. The van der Waals surface area contributed by atoms with Gasteiger partial charge in [-0.25, -0.2) is 0 Å². The number of rotatable bonds is 15. The molecule has 3 fully saturated rings. The summed E-state index contributed by atoms with van der Waals surface area (Å²) in [5.74, 6) is -1.73. The average Bonchev–Trinajstić information content (AvgIpc) is 3.37. The van der Waals surface area contributed by atoms with Crippen molar-refractivity contribution in [2.75, 3.05) is 39.8 Å². The van der Waals surface area contributed by atoms with Crippen LogP contribution in [0.25, 0.3) is 0 Å². The lowest BCUT2D eigenvalue weighted by molar-refractivity contribution is -0.154. The van der Waals surface area contributed by atoms with Gasteiger partial charge in [-0.05, 0) is 44.9 Å². The van der Waals surface area contributed by atoms with Crippen molar-refractivity contribution >= 4 is 17.7 Å². The van der Waals surface area contributed by atoms with Crippen LogP contribution in [0.15, 0.2) is 25.3 Å². The number of carbonyl (C=O) groups is 3. The van der Waals surface area contributed by atoms with Gasteiger partial charge in [0.1, 0.15) is 11.6 Å². The van der Waals surface area contributed by atoms with E-state index in [1.165, 1.54) is 0 Å². The third kappa shape index (κ3) is 5.11. The summed E-state index contributed by atoms with van der Waals surface area (Å²) < 4.78 is 6.81. The third-order valence-electron chi connectivity index (χ3n) is 8.84. The summed E-state index contributed by atoms with van der Waals surface area (Å²) in [6, 6.07) is -0.771. The van der Waals surface area contributed by atoms with E-state index in [0.717, 1.165) is 25.7 Å². The smallest absolute Gasteiger partial charge is 0.248 e. The van der Waals surface area contributed by atoms with E-state index in [9.17, 15) is 19.5 Å². The van der Waals surface area contributed by atoms with Gasteiger partial charge in [-0.15, -0.1) is 13.2 Å². The van der Waals surface area contributed by atoms with Gasteiger partial charge < -0.3 is 24.5 Å². The highest BCUT2D eigenvalue weighted by molar-refractivity contribution is 5.99. The van der Waals surface area contributed by atoms with Gasteiger partial charge in [0.25, 0.3) is 0 Å². The van der Waals surface area contributed by atoms with Crippen LogP contribution in [0, 0.1) is 17.8 Å².